The maximum atomic E-state index is 6.60. The Balaban J connectivity index is 1.20. The van der Waals surface area contributed by atoms with Gasteiger partial charge in [0.2, 0.25) is 0 Å². The van der Waals surface area contributed by atoms with Crippen molar-refractivity contribution in [2.45, 2.75) is 71.1 Å². The lowest BCUT2D eigenvalue weighted by Gasteiger charge is -2.39. The number of hydrogen-bond acceptors (Lipinski definition) is 5. The van der Waals surface area contributed by atoms with Crippen molar-refractivity contribution in [3.63, 3.8) is 0 Å². The molecule has 5 heteroatoms. The zero-order valence-electron chi connectivity index (χ0n) is 26.3. The molecule has 1 saturated heterocycles. The van der Waals surface area contributed by atoms with Gasteiger partial charge in [0, 0.05) is 25.4 Å². The van der Waals surface area contributed by atoms with E-state index in [4.69, 9.17) is 18.9 Å². The number of rotatable bonds is 16. The van der Waals surface area contributed by atoms with Crippen LogP contribution < -0.4 is 10.1 Å². The molecule has 0 spiro atoms. The molecule has 5 rings (SSSR count). The van der Waals surface area contributed by atoms with Crippen LogP contribution in [0, 0.1) is 0 Å². The predicted octanol–water partition coefficient (Wildman–Crippen LogP) is 7.65. The molecule has 0 radical (unpaired) electrons. The van der Waals surface area contributed by atoms with E-state index >= 15 is 0 Å². The number of nitrogens with one attached hydrogen (secondary N) is 1. The molecular weight excluding hydrogens is 546 g/mol. The van der Waals surface area contributed by atoms with Crippen molar-refractivity contribution in [2.75, 3.05) is 26.3 Å². The topological polar surface area (TPSA) is 49.0 Å². The molecule has 44 heavy (non-hydrogen) atoms. The lowest BCUT2D eigenvalue weighted by atomic mass is 9.85. The standard InChI is InChI=1S/C39H47NO4/c1-3-30-11-15-33(16-12-30)28-43-37-25-40-26-38(44-29-34-17-13-31(4-2)14-18-34)39(37)35-19-21-36(22-20-35)42-24-8-23-41-27-32-9-6-5-7-10-32/h5-7,9-22,37-40H,3-4,8,23-29H2,1-2H3/t37-,38+,39?. The quantitative estimate of drug-likeness (QED) is 0.135. The molecule has 1 heterocycles. The average Bonchev–Trinajstić information content (AvgIpc) is 3.09. The normalized spacial score (nSPS) is 18.3. The van der Waals surface area contributed by atoms with Crippen LogP contribution in [0.15, 0.2) is 103 Å². The SMILES string of the molecule is CCc1ccc(CO[C@H]2CNC[C@@H](OCc3ccc(CC)cc3)C2c2ccc(OCCCOCc3ccccc3)cc2)cc1. The second-order valence-corrected chi connectivity index (χ2v) is 11.5. The summed E-state index contributed by atoms with van der Waals surface area (Å²) in [5.41, 5.74) is 7.47. The van der Waals surface area contributed by atoms with Gasteiger partial charge in [-0.25, -0.2) is 0 Å². The van der Waals surface area contributed by atoms with Crippen LogP contribution in [-0.2, 0) is 46.9 Å². The molecule has 1 aliphatic rings. The van der Waals surface area contributed by atoms with Crippen LogP contribution in [0.3, 0.4) is 0 Å². The summed E-state index contributed by atoms with van der Waals surface area (Å²) in [4.78, 5) is 0. The molecule has 3 atom stereocenters. The summed E-state index contributed by atoms with van der Waals surface area (Å²) in [7, 11) is 0. The molecule has 4 aromatic carbocycles. The summed E-state index contributed by atoms with van der Waals surface area (Å²) in [6, 6.07) is 36.2. The summed E-state index contributed by atoms with van der Waals surface area (Å²) in [6.45, 7) is 8.99. The van der Waals surface area contributed by atoms with Crippen molar-refractivity contribution in [3.05, 3.63) is 137 Å². The molecule has 1 unspecified atom stereocenters. The van der Waals surface area contributed by atoms with Crippen LogP contribution in [0.25, 0.3) is 0 Å². The van der Waals surface area contributed by atoms with E-state index in [1.54, 1.807) is 0 Å². The Morgan fingerprint density at radius 2 is 1.09 bits per heavy atom. The molecular formula is C39H47NO4. The molecule has 5 nitrogen and oxygen atoms in total. The van der Waals surface area contributed by atoms with Gasteiger partial charge in [0.05, 0.1) is 45.2 Å². The van der Waals surface area contributed by atoms with Gasteiger partial charge in [-0.1, -0.05) is 105 Å². The summed E-state index contributed by atoms with van der Waals surface area (Å²) >= 11 is 0. The fourth-order valence-corrected chi connectivity index (χ4v) is 5.67. The molecule has 0 amide bonds. The first-order valence-corrected chi connectivity index (χ1v) is 16.2. The van der Waals surface area contributed by atoms with Crippen LogP contribution >= 0.6 is 0 Å². The van der Waals surface area contributed by atoms with Crippen molar-refractivity contribution in [1.82, 2.24) is 5.32 Å². The van der Waals surface area contributed by atoms with Gasteiger partial charge in [0.25, 0.3) is 0 Å². The van der Waals surface area contributed by atoms with Gasteiger partial charge in [-0.05, 0) is 58.4 Å². The maximum Gasteiger partial charge on any atom is 0.119 e. The zero-order valence-corrected chi connectivity index (χ0v) is 26.3. The van der Waals surface area contributed by atoms with Gasteiger partial charge in [-0.15, -0.1) is 0 Å². The van der Waals surface area contributed by atoms with Gasteiger partial charge < -0.3 is 24.3 Å². The van der Waals surface area contributed by atoms with E-state index in [0.717, 1.165) is 38.1 Å². The van der Waals surface area contributed by atoms with Crippen LogP contribution in [0.1, 0.15) is 59.6 Å². The highest BCUT2D eigenvalue weighted by Crippen LogP contribution is 2.32. The summed E-state index contributed by atoms with van der Waals surface area (Å²) in [6.07, 6.45) is 2.88. The molecule has 1 N–H and O–H groups in total. The zero-order chi connectivity index (χ0) is 30.4. The van der Waals surface area contributed by atoms with E-state index in [9.17, 15) is 0 Å². The molecule has 1 fully saturated rings. The number of ether oxygens (including phenoxy) is 4. The van der Waals surface area contributed by atoms with Gasteiger partial charge in [-0.3, -0.25) is 0 Å². The Kier molecular flexibility index (Phi) is 12.4. The van der Waals surface area contributed by atoms with E-state index in [-0.39, 0.29) is 18.1 Å². The second kappa shape index (κ2) is 17.1. The predicted molar refractivity (Wildman–Crippen MR) is 177 cm³/mol. The third-order valence-electron chi connectivity index (χ3n) is 8.36. The van der Waals surface area contributed by atoms with Crippen LogP contribution in [0.5, 0.6) is 5.75 Å². The van der Waals surface area contributed by atoms with Gasteiger partial charge in [-0.2, -0.15) is 0 Å². The minimum absolute atomic E-state index is 0.0180. The highest BCUT2D eigenvalue weighted by atomic mass is 16.5. The molecule has 0 aliphatic carbocycles. The number of hydrogen-bond donors (Lipinski definition) is 1. The fourth-order valence-electron chi connectivity index (χ4n) is 5.67. The lowest BCUT2D eigenvalue weighted by Crippen LogP contribution is -2.50. The second-order valence-electron chi connectivity index (χ2n) is 11.5. The largest absolute Gasteiger partial charge is 0.494 e. The van der Waals surface area contributed by atoms with Gasteiger partial charge in [0.1, 0.15) is 5.75 Å². The minimum Gasteiger partial charge on any atom is -0.494 e. The van der Waals surface area contributed by atoms with Crippen LogP contribution in [-0.4, -0.2) is 38.5 Å². The molecule has 1 aliphatic heterocycles. The van der Waals surface area contributed by atoms with E-state index in [0.29, 0.717) is 33.0 Å². The van der Waals surface area contributed by atoms with E-state index in [1.807, 2.05) is 18.2 Å². The lowest BCUT2D eigenvalue weighted by molar-refractivity contribution is -0.0650. The first kappa shape index (κ1) is 31.9. The Bertz CT molecular complexity index is 1300. The molecule has 0 bridgehead atoms. The van der Waals surface area contributed by atoms with Crippen LogP contribution in [0.4, 0.5) is 0 Å². The third-order valence-corrected chi connectivity index (χ3v) is 8.36. The Labute approximate surface area is 263 Å². The Morgan fingerprint density at radius 3 is 1.64 bits per heavy atom. The number of piperidine rings is 1. The fraction of sp³-hybridized carbons (Fsp3) is 0.385. The van der Waals surface area contributed by atoms with Crippen molar-refractivity contribution in [1.29, 1.82) is 0 Å². The smallest absolute Gasteiger partial charge is 0.119 e. The average molecular weight is 594 g/mol. The molecule has 0 aromatic heterocycles. The van der Waals surface area contributed by atoms with Crippen molar-refractivity contribution >= 4 is 0 Å². The monoisotopic (exact) mass is 593 g/mol. The summed E-state index contributed by atoms with van der Waals surface area (Å²) < 4.78 is 25.0. The van der Waals surface area contributed by atoms with Crippen LogP contribution in [0.2, 0.25) is 0 Å². The van der Waals surface area contributed by atoms with E-state index in [2.05, 4.69) is 104 Å². The number of aryl methyl sites for hydroxylation is 2. The summed E-state index contributed by atoms with van der Waals surface area (Å²) in [5.74, 6) is 0.967. The minimum atomic E-state index is -0.0180. The first-order chi connectivity index (χ1) is 21.7. The highest BCUT2D eigenvalue weighted by Gasteiger charge is 2.36. The summed E-state index contributed by atoms with van der Waals surface area (Å²) in [5, 5.41) is 3.57. The van der Waals surface area contributed by atoms with E-state index < -0.39 is 0 Å². The maximum absolute atomic E-state index is 6.60. The van der Waals surface area contributed by atoms with E-state index in [1.165, 1.54) is 33.4 Å². The molecule has 232 valence electrons. The highest BCUT2D eigenvalue weighted by molar-refractivity contribution is 5.32. The Hall–Kier alpha value is -3.48. The molecule has 0 saturated carbocycles. The van der Waals surface area contributed by atoms with Gasteiger partial charge >= 0.3 is 0 Å². The van der Waals surface area contributed by atoms with Crippen molar-refractivity contribution < 1.29 is 18.9 Å². The van der Waals surface area contributed by atoms with Crippen molar-refractivity contribution in [2.24, 2.45) is 0 Å². The third kappa shape index (κ3) is 9.51. The van der Waals surface area contributed by atoms with Crippen molar-refractivity contribution in [3.8, 4) is 5.75 Å². The first-order valence-electron chi connectivity index (χ1n) is 16.2. The molecule has 4 aromatic rings. The number of benzene rings is 4. The van der Waals surface area contributed by atoms with Gasteiger partial charge in [0.15, 0.2) is 0 Å². The Morgan fingerprint density at radius 1 is 0.568 bits per heavy atom.